The third-order valence-electron chi connectivity index (χ3n) is 2.60. The zero-order valence-corrected chi connectivity index (χ0v) is 7.76. The lowest BCUT2D eigenvalue weighted by Gasteiger charge is -2.11. The summed E-state index contributed by atoms with van der Waals surface area (Å²) in [4.78, 5) is 11.6. The number of nitrogens with zero attached hydrogens (tertiary/aromatic N) is 1. The van der Waals surface area contributed by atoms with E-state index in [1.807, 2.05) is 6.92 Å². The van der Waals surface area contributed by atoms with E-state index < -0.39 is 5.41 Å². The highest BCUT2D eigenvalue weighted by Crippen LogP contribution is 2.47. The molecule has 1 unspecified atom stereocenters. The molecule has 0 aliphatic heterocycles. The summed E-state index contributed by atoms with van der Waals surface area (Å²) >= 11 is 0. The molecule has 0 heterocycles. The van der Waals surface area contributed by atoms with Gasteiger partial charge in [-0.3, -0.25) is 4.79 Å². The second-order valence-corrected chi connectivity index (χ2v) is 3.75. The van der Waals surface area contributed by atoms with Gasteiger partial charge in [0.05, 0.1) is 6.07 Å². The van der Waals surface area contributed by atoms with Crippen LogP contribution in [0.2, 0.25) is 0 Å². The van der Waals surface area contributed by atoms with Crippen LogP contribution in [-0.2, 0) is 4.79 Å². The van der Waals surface area contributed by atoms with Gasteiger partial charge in [0.2, 0.25) is 0 Å². The SMILES string of the molecule is CCCC(C)C(=O)C1(C#N)CC1. The first-order chi connectivity index (χ1) is 5.66. The first-order valence-electron chi connectivity index (χ1n) is 4.62. The van der Waals surface area contributed by atoms with E-state index in [1.165, 1.54) is 0 Å². The maximum Gasteiger partial charge on any atom is 0.155 e. The lowest BCUT2D eigenvalue weighted by Crippen LogP contribution is -2.21. The third-order valence-corrected chi connectivity index (χ3v) is 2.60. The predicted molar refractivity (Wildman–Crippen MR) is 46.4 cm³/mol. The largest absolute Gasteiger partial charge is 0.298 e. The molecule has 0 radical (unpaired) electrons. The second kappa shape index (κ2) is 3.26. The normalized spacial score (nSPS) is 21.1. The zero-order valence-electron chi connectivity index (χ0n) is 7.76. The van der Waals surface area contributed by atoms with Gasteiger partial charge in [-0.2, -0.15) is 5.26 Å². The molecule has 2 heteroatoms. The highest BCUT2D eigenvalue weighted by Gasteiger charge is 2.51. The molecule has 0 N–H and O–H groups in total. The Hall–Kier alpha value is -0.840. The van der Waals surface area contributed by atoms with E-state index in [1.54, 1.807) is 0 Å². The van der Waals surface area contributed by atoms with Crippen molar-refractivity contribution in [1.29, 1.82) is 5.26 Å². The Bertz CT molecular complexity index is 222. The van der Waals surface area contributed by atoms with Crippen molar-refractivity contribution in [2.75, 3.05) is 0 Å². The van der Waals surface area contributed by atoms with Crippen molar-refractivity contribution in [3.8, 4) is 6.07 Å². The lowest BCUT2D eigenvalue weighted by molar-refractivity contribution is -0.125. The molecule has 2 nitrogen and oxygen atoms in total. The van der Waals surface area contributed by atoms with Gasteiger partial charge in [-0.1, -0.05) is 20.3 Å². The van der Waals surface area contributed by atoms with Crippen LogP contribution >= 0.6 is 0 Å². The Balaban J connectivity index is 2.54. The number of nitriles is 1. The van der Waals surface area contributed by atoms with E-state index in [9.17, 15) is 4.79 Å². The van der Waals surface area contributed by atoms with Gasteiger partial charge >= 0.3 is 0 Å². The smallest absolute Gasteiger partial charge is 0.155 e. The Labute approximate surface area is 73.6 Å². The molecule has 1 fully saturated rings. The Morgan fingerprint density at radius 3 is 2.58 bits per heavy atom. The van der Waals surface area contributed by atoms with Gasteiger partial charge in [-0.25, -0.2) is 0 Å². The molecule has 0 aromatic carbocycles. The van der Waals surface area contributed by atoms with Gasteiger partial charge in [0.1, 0.15) is 5.41 Å². The summed E-state index contributed by atoms with van der Waals surface area (Å²) in [6.07, 6.45) is 3.52. The minimum atomic E-state index is -0.561. The monoisotopic (exact) mass is 165 g/mol. The molecule has 0 bridgehead atoms. The van der Waals surface area contributed by atoms with Crippen molar-refractivity contribution in [2.45, 2.75) is 39.5 Å². The molecule has 1 saturated carbocycles. The van der Waals surface area contributed by atoms with Crippen LogP contribution in [0.5, 0.6) is 0 Å². The van der Waals surface area contributed by atoms with Gasteiger partial charge in [-0.05, 0) is 19.3 Å². The number of carbonyl (C=O) groups excluding carboxylic acids is 1. The molecule has 0 spiro atoms. The summed E-state index contributed by atoms with van der Waals surface area (Å²) in [6.45, 7) is 4.00. The number of hydrogen-bond donors (Lipinski definition) is 0. The molecule has 1 aliphatic carbocycles. The molecule has 1 rings (SSSR count). The summed E-state index contributed by atoms with van der Waals surface area (Å²) in [5, 5.41) is 8.77. The van der Waals surface area contributed by atoms with Gasteiger partial charge in [-0.15, -0.1) is 0 Å². The van der Waals surface area contributed by atoms with E-state index in [0.717, 1.165) is 25.7 Å². The molecule has 66 valence electrons. The van der Waals surface area contributed by atoms with E-state index in [-0.39, 0.29) is 11.7 Å². The van der Waals surface area contributed by atoms with Crippen molar-refractivity contribution in [3.63, 3.8) is 0 Å². The summed E-state index contributed by atoms with van der Waals surface area (Å²) < 4.78 is 0. The minimum Gasteiger partial charge on any atom is -0.298 e. The van der Waals surface area contributed by atoms with Crippen molar-refractivity contribution < 1.29 is 4.79 Å². The molecule has 0 amide bonds. The topological polar surface area (TPSA) is 40.9 Å². The fourth-order valence-electron chi connectivity index (χ4n) is 1.57. The summed E-state index contributed by atoms with van der Waals surface area (Å²) in [5.74, 6) is 0.254. The molecule has 1 aliphatic rings. The molecule has 0 aromatic heterocycles. The van der Waals surface area contributed by atoms with Crippen molar-refractivity contribution in [1.82, 2.24) is 0 Å². The number of ketones is 1. The maximum atomic E-state index is 11.6. The van der Waals surface area contributed by atoms with Gasteiger partial charge in [0, 0.05) is 5.92 Å². The van der Waals surface area contributed by atoms with Crippen molar-refractivity contribution >= 4 is 5.78 Å². The average Bonchev–Trinajstić information content (AvgIpc) is 2.84. The van der Waals surface area contributed by atoms with Crippen LogP contribution in [0.15, 0.2) is 0 Å². The predicted octanol–water partition coefficient (Wildman–Crippen LogP) is 2.30. The summed E-state index contributed by atoms with van der Waals surface area (Å²) in [7, 11) is 0. The Morgan fingerprint density at radius 2 is 2.25 bits per heavy atom. The van der Waals surface area contributed by atoms with Crippen LogP contribution in [0, 0.1) is 22.7 Å². The fraction of sp³-hybridized carbons (Fsp3) is 0.800. The lowest BCUT2D eigenvalue weighted by atomic mass is 9.90. The molecular weight excluding hydrogens is 150 g/mol. The Kier molecular flexibility index (Phi) is 2.52. The molecule has 12 heavy (non-hydrogen) atoms. The number of Topliss-reactive ketones (excluding diaryl/α,β-unsaturated/α-hetero) is 1. The standard InChI is InChI=1S/C10H15NO/c1-3-4-8(2)9(12)10(7-11)5-6-10/h8H,3-6H2,1-2H3. The number of hydrogen-bond acceptors (Lipinski definition) is 2. The van der Waals surface area contributed by atoms with Crippen molar-refractivity contribution in [2.24, 2.45) is 11.3 Å². The highest BCUT2D eigenvalue weighted by atomic mass is 16.1. The highest BCUT2D eigenvalue weighted by molar-refractivity contribution is 5.91. The quantitative estimate of drug-likeness (QED) is 0.641. The first-order valence-corrected chi connectivity index (χ1v) is 4.62. The maximum absolute atomic E-state index is 11.6. The van der Waals surface area contributed by atoms with Crippen molar-refractivity contribution in [3.05, 3.63) is 0 Å². The van der Waals surface area contributed by atoms with E-state index in [0.29, 0.717) is 0 Å². The molecule has 0 aromatic rings. The van der Waals surface area contributed by atoms with E-state index >= 15 is 0 Å². The minimum absolute atomic E-state index is 0.0807. The first kappa shape index (κ1) is 9.25. The van der Waals surface area contributed by atoms with Crippen LogP contribution in [0.4, 0.5) is 0 Å². The molecule has 0 saturated heterocycles. The van der Waals surface area contributed by atoms with Gasteiger partial charge < -0.3 is 0 Å². The van der Waals surface area contributed by atoms with Crippen LogP contribution in [0.3, 0.4) is 0 Å². The second-order valence-electron chi connectivity index (χ2n) is 3.75. The third kappa shape index (κ3) is 1.50. The zero-order chi connectivity index (χ0) is 9.19. The summed E-state index contributed by atoms with van der Waals surface area (Å²) in [5.41, 5.74) is -0.561. The van der Waals surface area contributed by atoms with E-state index in [2.05, 4.69) is 13.0 Å². The van der Waals surface area contributed by atoms with E-state index in [4.69, 9.17) is 5.26 Å². The number of rotatable bonds is 4. The van der Waals surface area contributed by atoms with Crippen LogP contribution in [0.1, 0.15) is 39.5 Å². The summed E-state index contributed by atoms with van der Waals surface area (Å²) in [6, 6.07) is 2.14. The average molecular weight is 165 g/mol. The van der Waals surface area contributed by atoms with Crippen LogP contribution < -0.4 is 0 Å². The van der Waals surface area contributed by atoms with Gasteiger partial charge in [0.25, 0.3) is 0 Å². The molecular formula is C10H15NO. The van der Waals surface area contributed by atoms with Crippen LogP contribution in [-0.4, -0.2) is 5.78 Å². The Morgan fingerprint density at radius 1 is 1.67 bits per heavy atom. The number of carbonyl (C=O) groups is 1. The van der Waals surface area contributed by atoms with Gasteiger partial charge in [0.15, 0.2) is 5.78 Å². The fourth-order valence-corrected chi connectivity index (χ4v) is 1.57. The molecule has 1 atom stereocenters. The van der Waals surface area contributed by atoms with Crippen LogP contribution in [0.25, 0.3) is 0 Å².